The number of rotatable bonds is 5. The van der Waals surface area contributed by atoms with Gasteiger partial charge in [0.2, 0.25) is 0 Å². The maximum absolute atomic E-state index is 13.0. The number of thiol groups is 1. The van der Waals surface area contributed by atoms with Gasteiger partial charge in [0.15, 0.2) is 0 Å². The van der Waals surface area contributed by atoms with E-state index in [0.29, 0.717) is 18.8 Å². The fourth-order valence-corrected chi connectivity index (χ4v) is 1.09. The molecule has 72 valence electrons. The summed E-state index contributed by atoms with van der Waals surface area (Å²) in [4.78, 5) is 0. The molecule has 13 heavy (non-hydrogen) atoms. The monoisotopic (exact) mass is 200 g/mol. The first-order chi connectivity index (χ1) is 6.34. The van der Waals surface area contributed by atoms with Crippen molar-refractivity contribution in [1.82, 2.24) is 0 Å². The van der Waals surface area contributed by atoms with Crippen molar-refractivity contribution in [3.05, 3.63) is 35.6 Å². The Morgan fingerprint density at radius 2 is 2.08 bits per heavy atom. The van der Waals surface area contributed by atoms with E-state index in [1.54, 1.807) is 18.2 Å². The molecule has 0 atom stereocenters. The Labute approximate surface area is 83.3 Å². The van der Waals surface area contributed by atoms with Crippen molar-refractivity contribution in [3.63, 3.8) is 0 Å². The van der Waals surface area contributed by atoms with Crippen LogP contribution in [0.1, 0.15) is 12.0 Å². The van der Waals surface area contributed by atoms with Crippen molar-refractivity contribution in [2.75, 3.05) is 12.4 Å². The second-order valence-corrected chi connectivity index (χ2v) is 3.17. The van der Waals surface area contributed by atoms with Gasteiger partial charge in [-0.1, -0.05) is 18.2 Å². The molecule has 0 bridgehead atoms. The van der Waals surface area contributed by atoms with Crippen molar-refractivity contribution >= 4 is 12.6 Å². The summed E-state index contributed by atoms with van der Waals surface area (Å²) in [5.41, 5.74) is 0.613. The van der Waals surface area contributed by atoms with E-state index >= 15 is 0 Å². The first kappa shape index (κ1) is 10.5. The maximum atomic E-state index is 13.0. The average molecular weight is 200 g/mol. The van der Waals surface area contributed by atoms with Crippen molar-refractivity contribution in [2.45, 2.75) is 13.0 Å². The lowest BCUT2D eigenvalue weighted by Crippen LogP contribution is -1.98. The Morgan fingerprint density at radius 1 is 1.31 bits per heavy atom. The lowest BCUT2D eigenvalue weighted by molar-refractivity contribution is 0.120. The van der Waals surface area contributed by atoms with E-state index in [0.717, 1.165) is 12.2 Å². The summed E-state index contributed by atoms with van der Waals surface area (Å²) in [6.07, 6.45) is 0.900. The fourth-order valence-electron chi connectivity index (χ4n) is 0.964. The summed E-state index contributed by atoms with van der Waals surface area (Å²) in [7, 11) is 0. The number of hydrogen-bond donors (Lipinski definition) is 1. The lowest BCUT2D eigenvalue weighted by atomic mass is 10.2. The molecule has 0 aliphatic heterocycles. The minimum absolute atomic E-state index is 0.201. The topological polar surface area (TPSA) is 9.23 Å². The summed E-state index contributed by atoms with van der Waals surface area (Å²) >= 11 is 4.05. The van der Waals surface area contributed by atoms with Crippen LogP contribution in [0.4, 0.5) is 4.39 Å². The normalized spacial score (nSPS) is 10.3. The molecule has 0 heterocycles. The molecule has 0 aliphatic carbocycles. The Bertz CT molecular complexity index is 252. The molecule has 0 aliphatic rings. The van der Waals surface area contributed by atoms with E-state index in [-0.39, 0.29) is 5.82 Å². The smallest absolute Gasteiger partial charge is 0.128 e. The third kappa shape index (κ3) is 3.79. The van der Waals surface area contributed by atoms with Gasteiger partial charge < -0.3 is 4.74 Å². The highest BCUT2D eigenvalue weighted by molar-refractivity contribution is 7.80. The Kier molecular flexibility index (Phi) is 4.86. The first-order valence-corrected chi connectivity index (χ1v) is 4.90. The van der Waals surface area contributed by atoms with Crippen LogP contribution in [0, 0.1) is 5.82 Å². The van der Waals surface area contributed by atoms with Crippen LogP contribution in [0.5, 0.6) is 0 Å². The van der Waals surface area contributed by atoms with Crippen LogP contribution >= 0.6 is 12.6 Å². The van der Waals surface area contributed by atoms with Crippen LogP contribution < -0.4 is 0 Å². The zero-order valence-electron chi connectivity index (χ0n) is 7.37. The van der Waals surface area contributed by atoms with Gasteiger partial charge in [-0.05, 0) is 18.2 Å². The Balaban J connectivity index is 2.32. The highest BCUT2D eigenvalue weighted by atomic mass is 32.1. The molecule has 0 amide bonds. The third-order valence-corrected chi connectivity index (χ3v) is 1.98. The van der Waals surface area contributed by atoms with Crippen molar-refractivity contribution in [1.29, 1.82) is 0 Å². The molecule has 0 N–H and O–H groups in total. The van der Waals surface area contributed by atoms with Gasteiger partial charge in [0.1, 0.15) is 5.82 Å². The highest BCUT2D eigenvalue weighted by Gasteiger charge is 1.99. The predicted molar refractivity (Wildman–Crippen MR) is 54.5 cm³/mol. The summed E-state index contributed by atoms with van der Waals surface area (Å²) in [6.45, 7) is 0.984. The Hall–Kier alpha value is -0.540. The number of ether oxygens (including phenoxy) is 1. The molecule has 0 saturated heterocycles. The van der Waals surface area contributed by atoms with E-state index in [1.807, 2.05) is 0 Å². The van der Waals surface area contributed by atoms with Crippen LogP contribution in [0.25, 0.3) is 0 Å². The SMILES string of the molecule is Fc1ccccc1COCCCS. The van der Waals surface area contributed by atoms with Gasteiger partial charge in [0, 0.05) is 12.2 Å². The predicted octanol–water partition coefficient (Wildman–Crippen LogP) is 2.66. The largest absolute Gasteiger partial charge is 0.377 e. The van der Waals surface area contributed by atoms with E-state index in [4.69, 9.17) is 4.74 Å². The molecule has 0 fully saturated rings. The number of benzene rings is 1. The minimum atomic E-state index is -0.201. The van der Waals surface area contributed by atoms with Gasteiger partial charge in [-0.25, -0.2) is 4.39 Å². The number of hydrogen-bond acceptors (Lipinski definition) is 2. The molecule has 0 saturated carbocycles. The highest BCUT2D eigenvalue weighted by Crippen LogP contribution is 2.07. The molecule has 1 aromatic carbocycles. The standard InChI is InChI=1S/C10H13FOS/c11-10-5-2-1-4-9(10)8-12-6-3-7-13/h1-2,4-5,13H,3,6-8H2. The summed E-state index contributed by atoms with van der Waals surface area (Å²) in [5, 5.41) is 0. The van der Waals surface area contributed by atoms with Crippen LogP contribution in [0.3, 0.4) is 0 Å². The van der Waals surface area contributed by atoms with Crippen LogP contribution in [-0.2, 0) is 11.3 Å². The molecule has 0 radical (unpaired) electrons. The molecule has 0 spiro atoms. The van der Waals surface area contributed by atoms with Gasteiger partial charge in [-0.2, -0.15) is 12.6 Å². The van der Waals surface area contributed by atoms with E-state index in [1.165, 1.54) is 6.07 Å². The third-order valence-electron chi connectivity index (χ3n) is 1.66. The first-order valence-electron chi connectivity index (χ1n) is 4.26. The van der Waals surface area contributed by atoms with E-state index in [2.05, 4.69) is 12.6 Å². The quantitative estimate of drug-likeness (QED) is 0.568. The van der Waals surface area contributed by atoms with Crippen molar-refractivity contribution in [2.24, 2.45) is 0 Å². The second-order valence-electron chi connectivity index (χ2n) is 2.72. The molecule has 0 aromatic heterocycles. The molecule has 1 rings (SSSR count). The molecule has 0 unspecified atom stereocenters. The summed E-state index contributed by atoms with van der Waals surface area (Å²) < 4.78 is 18.3. The van der Waals surface area contributed by atoms with E-state index < -0.39 is 0 Å². The summed E-state index contributed by atoms with van der Waals surface area (Å²) in [5.74, 6) is 0.602. The van der Waals surface area contributed by atoms with Crippen LogP contribution in [-0.4, -0.2) is 12.4 Å². The minimum Gasteiger partial charge on any atom is -0.377 e. The zero-order valence-corrected chi connectivity index (χ0v) is 8.27. The average Bonchev–Trinajstić information content (AvgIpc) is 2.15. The van der Waals surface area contributed by atoms with Gasteiger partial charge in [-0.15, -0.1) is 0 Å². The molecular formula is C10H13FOS. The maximum Gasteiger partial charge on any atom is 0.128 e. The fraction of sp³-hybridized carbons (Fsp3) is 0.400. The van der Waals surface area contributed by atoms with E-state index in [9.17, 15) is 4.39 Å². The lowest BCUT2D eigenvalue weighted by Gasteiger charge is -2.03. The van der Waals surface area contributed by atoms with Gasteiger partial charge in [-0.3, -0.25) is 0 Å². The van der Waals surface area contributed by atoms with Crippen LogP contribution in [0.2, 0.25) is 0 Å². The second kappa shape index (κ2) is 6.00. The van der Waals surface area contributed by atoms with Crippen molar-refractivity contribution < 1.29 is 9.13 Å². The van der Waals surface area contributed by atoms with Gasteiger partial charge in [0.25, 0.3) is 0 Å². The molecule has 1 nitrogen and oxygen atoms in total. The van der Waals surface area contributed by atoms with Crippen LogP contribution in [0.15, 0.2) is 24.3 Å². The molecular weight excluding hydrogens is 187 g/mol. The molecule has 3 heteroatoms. The number of halogens is 1. The van der Waals surface area contributed by atoms with Gasteiger partial charge >= 0.3 is 0 Å². The molecule has 1 aromatic rings. The van der Waals surface area contributed by atoms with Crippen molar-refractivity contribution in [3.8, 4) is 0 Å². The zero-order chi connectivity index (χ0) is 9.52. The summed E-state index contributed by atoms with van der Waals surface area (Å²) in [6, 6.07) is 6.65. The van der Waals surface area contributed by atoms with Gasteiger partial charge in [0.05, 0.1) is 6.61 Å². The Morgan fingerprint density at radius 3 is 2.77 bits per heavy atom.